The molecule has 0 aliphatic heterocycles. The maximum Gasteiger partial charge on any atom is 0.122 e. The maximum absolute atomic E-state index is 5.54. The zero-order valence-electron chi connectivity index (χ0n) is 7.07. The van der Waals surface area contributed by atoms with Crippen molar-refractivity contribution in [2.45, 2.75) is 6.61 Å². The van der Waals surface area contributed by atoms with E-state index in [2.05, 4.69) is 17.5 Å². The molecule has 1 heterocycles. The summed E-state index contributed by atoms with van der Waals surface area (Å²) < 4.78 is 5.54. The number of rotatable bonds is 3. The van der Waals surface area contributed by atoms with Crippen molar-refractivity contribution in [3.05, 3.63) is 52.7 Å². The highest BCUT2D eigenvalue weighted by Gasteiger charge is 1.94. The Morgan fingerprint density at radius 2 is 2.08 bits per heavy atom. The minimum Gasteiger partial charge on any atom is -0.488 e. The van der Waals surface area contributed by atoms with Crippen LogP contribution in [0.1, 0.15) is 4.88 Å². The molecule has 0 spiro atoms. The summed E-state index contributed by atoms with van der Waals surface area (Å²) in [6, 6.07) is 14.6. The summed E-state index contributed by atoms with van der Waals surface area (Å²) in [6.07, 6.45) is 0. The van der Waals surface area contributed by atoms with Gasteiger partial charge in [-0.05, 0) is 29.6 Å². The van der Waals surface area contributed by atoms with E-state index in [0.29, 0.717) is 6.61 Å². The zero-order valence-corrected chi connectivity index (χ0v) is 7.88. The molecule has 1 radical (unpaired) electrons. The lowest BCUT2D eigenvalue weighted by Gasteiger charge is -2.02. The van der Waals surface area contributed by atoms with Crippen molar-refractivity contribution in [2.24, 2.45) is 0 Å². The minimum absolute atomic E-state index is 0.654. The van der Waals surface area contributed by atoms with Crippen molar-refractivity contribution in [3.8, 4) is 5.75 Å². The molecule has 0 amide bonds. The highest BCUT2D eigenvalue weighted by molar-refractivity contribution is 7.09. The lowest BCUT2D eigenvalue weighted by atomic mass is 10.3. The molecule has 2 rings (SSSR count). The highest BCUT2D eigenvalue weighted by Crippen LogP contribution is 2.14. The normalized spacial score (nSPS) is 9.85. The molecule has 0 atom stereocenters. The molecule has 65 valence electrons. The summed E-state index contributed by atoms with van der Waals surface area (Å²) in [5, 5.41) is 2.05. The van der Waals surface area contributed by atoms with Crippen LogP contribution in [0.4, 0.5) is 0 Å². The van der Waals surface area contributed by atoms with Crippen molar-refractivity contribution in [2.75, 3.05) is 0 Å². The Hall–Kier alpha value is -1.28. The van der Waals surface area contributed by atoms with E-state index in [4.69, 9.17) is 4.74 Å². The Balaban J connectivity index is 1.94. The second kappa shape index (κ2) is 4.10. The van der Waals surface area contributed by atoms with Crippen LogP contribution in [0.3, 0.4) is 0 Å². The molecular formula is C11H9OS. The third-order valence-electron chi connectivity index (χ3n) is 1.65. The van der Waals surface area contributed by atoms with Crippen LogP contribution in [0, 0.1) is 6.07 Å². The lowest BCUT2D eigenvalue weighted by molar-refractivity contribution is 0.310. The largest absolute Gasteiger partial charge is 0.488 e. The third kappa shape index (κ3) is 2.33. The Morgan fingerprint density at radius 3 is 2.77 bits per heavy atom. The number of benzene rings is 1. The predicted octanol–water partition coefficient (Wildman–Crippen LogP) is 3.13. The molecule has 13 heavy (non-hydrogen) atoms. The molecule has 2 aromatic rings. The molecule has 1 nitrogen and oxygen atoms in total. The first-order valence-corrected chi connectivity index (χ1v) is 4.94. The van der Waals surface area contributed by atoms with Crippen LogP contribution in [0.25, 0.3) is 0 Å². The van der Waals surface area contributed by atoms with Crippen LogP contribution >= 0.6 is 11.3 Å². The molecule has 1 aromatic carbocycles. The molecular weight excluding hydrogens is 180 g/mol. The summed E-state index contributed by atoms with van der Waals surface area (Å²) in [4.78, 5) is 1.24. The smallest absolute Gasteiger partial charge is 0.122 e. The fourth-order valence-electron chi connectivity index (χ4n) is 1.02. The summed E-state index contributed by atoms with van der Waals surface area (Å²) >= 11 is 1.71. The number of hydrogen-bond donors (Lipinski definition) is 0. The quantitative estimate of drug-likeness (QED) is 0.720. The SMILES string of the molecule is [c]1ccc(OCc2cccs2)cc1. The Kier molecular flexibility index (Phi) is 2.62. The molecule has 0 saturated carbocycles. The van der Waals surface area contributed by atoms with Gasteiger partial charge in [-0.1, -0.05) is 18.2 Å². The lowest BCUT2D eigenvalue weighted by Crippen LogP contribution is -1.91. The van der Waals surface area contributed by atoms with Gasteiger partial charge in [0.2, 0.25) is 0 Å². The van der Waals surface area contributed by atoms with Crippen molar-refractivity contribution in [3.63, 3.8) is 0 Å². The Morgan fingerprint density at radius 1 is 1.23 bits per heavy atom. The fourth-order valence-corrected chi connectivity index (χ4v) is 1.63. The molecule has 0 saturated heterocycles. The summed E-state index contributed by atoms with van der Waals surface area (Å²) in [6.45, 7) is 0.654. The Labute approximate surface area is 81.6 Å². The molecule has 0 unspecified atom stereocenters. The zero-order chi connectivity index (χ0) is 8.93. The van der Waals surface area contributed by atoms with Crippen LogP contribution < -0.4 is 4.74 Å². The second-order valence-corrected chi connectivity index (χ2v) is 3.64. The van der Waals surface area contributed by atoms with E-state index in [1.54, 1.807) is 11.3 Å². The first kappa shape index (κ1) is 8.32. The second-order valence-electron chi connectivity index (χ2n) is 2.60. The van der Waals surface area contributed by atoms with Gasteiger partial charge in [0.15, 0.2) is 0 Å². The van der Waals surface area contributed by atoms with E-state index >= 15 is 0 Å². The first-order valence-electron chi connectivity index (χ1n) is 4.06. The van der Waals surface area contributed by atoms with Crippen LogP contribution in [-0.4, -0.2) is 0 Å². The number of thiophene rings is 1. The van der Waals surface area contributed by atoms with E-state index in [0.717, 1.165) is 5.75 Å². The van der Waals surface area contributed by atoms with Crippen LogP contribution in [0.5, 0.6) is 5.75 Å². The van der Waals surface area contributed by atoms with E-state index < -0.39 is 0 Å². The fraction of sp³-hybridized carbons (Fsp3) is 0.0909. The van der Waals surface area contributed by atoms with Gasteiger partial charge >= 0.3 is 0 Å². The van der Waals surface area contributed by atoms with Crippen LogP contribution in [0.15, 0.2) is 41.8 Å². The molecule has 1 aromatic heterocycles. The predicted molar refractivity (Wildman–Crippen MR) is 53.9 cm³/mol. The van der Waals surface area contributed by atoms with Gasteiger partial charge in [0, 0.05) is 4.88 Å². The third-order valence-corrected chi connectivity index (χ3v) is 2.50. The molecule has 0 aliphatic carbocycles. The van der Waals surface area contributed by atoms with E-state index in [9.17, 15) is 0 Å². The highest BCUT2D eigenvalue weighted by atomic mass is 32.1. The average Bonchev–Trinajstić information content (AvgIpc) is 2.69. The molecule has 0 N–H and O–H groups in total. The van der Waals surface area contributed by atoms with Gasteiger partial charge in [-0.3, -0.25) is 0 Å². The van der Waals surface area contributed by atoms with Gasteiger partial charge in [0.05, 0.1) is 0 Å². The topological polar surface area (TPSA) is 9.23 Å². The summed E-state index contributed by atoms with van der Waals surface area (Å²) in [5.41, 5.74) is 0. The van der Waals surface area contributed by atoms with Gasteiger partial charge in [-0.15, -0.1) is 11.3 Å². The van der Waals surface area contributed by atoms with E-state index in [1.807, 2.05) is 30.3 Å². The monoisotopic (exact) mass is 189 g/mol. The average molecular weight is 189 g/mol. The van der Waals surface area contributed by atoms with Gasteiger partial charge in [0.25, 0.3) is 0 Å². The van der Waals surface area contributed by atoms with E-state index in [1.165, 1.54) is 4.88 Å². The number of ether oxygens (including phenoxy) is 1. The standard InChI is InChI=1S/C11H9OS/c1-2-5-10(6-3-1)12-9-11-7-4-8-13-11/h2-8H,9H2. The van der Waals surface area contributed by atoms with Crippen LogP contribution in [0.2, 0.25) is 0 Å². The van der Waals surface area contributed by atoms with Gasteiger partial charge in [0.1, 0.15) is 12.4 Å². The summed E-state index contributed by atoms with van der Waals surface area (Å²) in [7, 11) is 0. The number of hydrogen-bond acceptors (Lipinski definition) is 2. The summed E-state index contributed by atoms with van der Waals surface area (Å²) in [5.74, 6) is 0.896. The molecule has 0 fully saturated rings. The Bertz CT molecular complexity index is 340. The minimum atomic E-state index is 0.654. The van der Waals surface area contributed by atoms with E-state index in [-0.39, 0.29) is 0 Å². The van der Waals surface area contributed by atoms with Gasteiger partial charge in [-0.2, -0.15) is 0 Å². The molecule has 0 bridgehead atoms. The molecule has 0 aliphatic rings. The van der Waals surface area contributed by atoms with Gasteiger partial charge < -0.3 is 4.74 Å². The van der Waals surface area contributed by atoms with Gasteiger partial charge in [-0.25, -0.2) is 0 Å². The van der Waals surface area contributed by atoms with Crippen molar-refractivity contribution in [1.29, 1.82) is 0 Å². The van der Waals surface area contributed by atoms with Crippen molar-refractivity contribution < 1.29 is 4.74 Å². The van der Waals surface area contributed by atoms with Crippen molar-refractivity contribution >= 4 is 11.3 Å². The molecule has 2 heteroatoms. The first-order chi connectivity index (χ1) is 6.45. The maximum atomic E-state index is 5.54. The van der Waals surface area contributed by atoms with Crippen molar-refractivity contribution in [1.82, 2.24) is 0 Å². The van der Waals surface area contributed by atoms with Crippen LogP contribution in [-0.2, 0) is 6.61 Å².